The molecule has 3 aromatic rings. The fourth-order valence-corrected chi connectivity index (χ4v) is 4.82. The van der Waals surface area contributed by atoms with Crippen molar-refractivity contribution in [2.75, 3.05) is 4.90 Å². The van der Waals surface area contributed by atoms with Gasteiger partial charge in [-0.2, -0.15) is 4.99 Å². The molecule has 1 aromatic heterocycles. The number of hydrogen-bond acceptors (Lipinski definition) is 7. The summed E-state index contributed by atoms with van der Waals surface area (Å²) in [7, 11) is 0. The maximum Gasteiger partial charge on any atom is 0.228 e. The van der Waals surface area contributed by atoms with Gasteiger partial charge in [-0.3, -0.25) is 4.90 Å². The fourth-order valence-electron chi connectivity index (χ4n) is 4.33. The number of halogens is 2. The smallest absolute Gasteiger partial charge is 0.228 e. The van der Waals surface area contributed by atoms with Crippen LogP contribution in [0.1, 0.15) is 32.1 Å². The molecular weight excluding hydrogens is 423 g/mol. The predicted molar refractivity (Wildman–Crippen MR) is 121 cm³/mol. The highest BCUT2D eigenvalue weighted by molar-refractivity contribution is 6.36. The molecule has 0 bridgehead atoms. The Morgan fingerprint density at radius 3 is 2.57 bits per heavy atom. The van der Waals surface area contributed by atoms with Gasteiger partial charge in [0.1, 0.15) is 11.2 Å². The summed E-state index contributed by atoms with van der Waals surface area (Å²) < 4.78 is 5.93. The summed E-state index contributed by atoms with van der Waals surface area (Å²) in [4.78, 5) is 15.5. The summed E-state index contributed by atoms with van der Waals surface area (Å²) in [5, 5.41) is 1.03. The van der Waals surface area contributed by atoms with E-state index in [1.807, 2.05) is 23.1 Å². The van der Waals surface area contributed by atoms with E-state index in [4.69, 9.17) is 44.1 Å². The maximum absolute atomic E-state index is 6.32. The van der Waals surface area contributed by atoms with Crippen molar-refractivity contribution in [2.24, 2.45) is 21.5 Å². The van der Waals surface area contributed by atoms with E-state index < -0.39 is 5.66 Å². The van der Waals surface area contributed by atoms with E-state index in [1.165, 1.54) is 6.42 Å². The molecule has 1 aliphatic heterocycles. The van der Waals surface area contributed by atoms with Crippen LogP contribution in [0.5, 0.6) is 0 Å². The van der Waals surface area contributed by atoms with Crippen molar-refractivity contribution in [2.45, 2.75) is 37.8 Å². The van der Waals surface area contributed by atoms with Gasteiger partial charge in [0.2, 0.25) is 17.8 Å². The normalized spacial score (nSPS) is 18.5. The van der Waals surface area contributed by atoms with Gasteiger partial charge in [-0.25, -0.2) is 9.98 Å². The molecule has 30 heavy (non-hydrogen) atoms. The average Bonchev–Trinajstić information content (AvgIpc) is 3.11. The molecule has 0 unspecified atom stereocenters. The molecule has 0 radical (unpaired) electrons. The number of aromatic nitrogens is 1. The average molecular weight is 443 g/mol. The van der Waals surface area contributed by atoms with Crippen molar-refractivity contribution >= 4 is 51.9 Å². The van der Waals surface area contributed by atoms with E-state index in [1.54, 1.807) is 18.2 Å². The Balaban J connectivity index is 1.58. The van der Waals surface area contributed by atoms with Crippen LogP contribution in [0, 0.1) is 0 Å². The summed E-state index contributed by atoms with van der Waals surface area (Å²) in [5.41, 5.74) is 14.6. The molecule has 0 saturated heterocycles. The van der Waals surface area contributed by atoms with Crippen molar-refractivity contribution < 1.29 is 4.42 Å². The Bertz CT molecular complexity index is 1200. The number of anilines is 1. The van der Waals surface area contributed by atoms with E-state index in [-0.39, 0.29) is 5.96 Å². The summed E-state index contributed by atoms with van der Waals surface area (Å²) in [6, 6.07) is 11.0. The molecule has 4 N–H and O–H groups in total. The van der Waals surface area contributed by atoms with Gasteiger partial charge in [0, 0.05) is 10.7 Å². The van der Waals surface area contributed by atoms with Crippen molar-refractivity contribution in [3.8, 4) is 11.5 Å². The van der Waals surface area contributed by atoms with Gasteiger partial charge >= 0.3 is 0 Å². The SMILES string of the molecule is NC1=NC2(CCCCC2)N(c2ccc3oc(-c4ccc(Cl)cc4Cl)nc3c2)C(N)=N1. The molecule has 1 saturated carbocycles. The number of rotatable bonds is 2. The second-order valence-electron chi connectivity index (χ2n) is 7.61. The molecule has 2 heterocycles. The number of oxazole rings is 1. The zero-order valence-electron chi connectivity index (χ0n) is 16.1. The Hall–Kier alpha value is -2.77. The van der Waals surface area contributed by atoms with Crippen LogP contribution in [0.15, 0.2) is 50.8 Å². The van der Waals surface area contributed by atoms with E-state index in [0.717, 1.165) is 31.4 Å². The van der Waals surface area contributed by atoms with E-state index in [2.05, 4.69) is 9.98 Å². The molecule has 1 aliphatic carbocycles. The quantitative estimate of drug-likeness (QED) is 0.585. The molecule has 2 aliphatic rings. The molecule has 1 spiro atoms. The molecule has 2 aromatic carbocycles. The fraction of sp³-hybridized carbons (Fsp3) is 0.286. The van der Waals surface area contributed by atoms with Crippen LogP contribution < -0.4 is 16.4 Å². The highest BCUT2D eigenvalue weighted by atomic mass is 35.5. The summed E-state index contributed by atoms with van der Waals surface area (Å²) in [5.74, 6) is 1.000. The minimum Gasteiger partial charge on any atom is -0.436 e. The van der Waals surface area contributed by atoms with Gasteiger partial charge < -0.3 is 15.9 Å². The lowest BCUT2D eigenvalue weighted by molar-refractivity contribution is 0.305. The molecule has 7 nitrogen and oxygen atoms in total. The number of guanidine groups is 2. The second kappa shape index (κ2) is 7.18. The molecule has 0 atom stereocenters. The Morgan fingerprint density at radius 1 is 1.00 bits per heavy atom. The number of fused-ring (bicyclic) bond motifs is 1. The minimum absolute atomic E-state index is 0.229. The summed E-state index contributed by atoms with van der Waals surface area (Å²) >= 11 is 12.3. The molecular formula is C21H20Cl2N6O. The third-order valence-electron chi connectivity index (χ3n) is 5.64. The van der Waals surface area contributed by atoms with Gasteiger partial charge in [-0.05, 0) is 62.1 Å². The number of hydrogen-bond donors (Lipinski definition) is 2. The van der Waals surface area contributed by atoms with Crippen molar-refractivity contribution in [3.05, 3.63) is 46.4 Å². The van der Waals surface area contributed by atoms with Crippen molar-refractivity contribution in [3.63, 3.8) is 0 Å². The Kier molecular flexibility index (Phi) is 4.60. The van der Waals surface area contributed by atoms with Crippen LogP contribution in [-0.2, 0) is 0 Å². The summed E-state index contributed by atoms with van der Waals surface area (Å²) in [6.07, 6.45) is 5.03. The minimum atomic E-state index is -0.506. The standard InChI is InChI=1S/C21H20Cl2N6O/c22-12-4-6-14(15(23)10-12)18-26-16-11-13(5-7-17(16)30-18)29-20(25)27-19(24)28-21(29)8-2-1-3-9-21/h4-7,10-11H,1-3,8-9H2,(H4,24,25,27,28). The number of benzene rings is 2. The highest BCUT2D eigenvalue weighted by Gasteiger charge is 2.42. The number of aliphatic imine (C=N–C) groups is 2. The van der Waals surface area contributed by atoms with Gasteiger partial charge in [-0.1, -0.05) is 29.6 Å². The lowest BCUT2D eigenvalue weighted by Gasteiger charge is -2.45. The lowest BCUT2D eigenvalue weighted by atomic mass is 9.87. The van der Waals surface area contributed by atoms with Gasteiger partial charge in [-0.15, -0.1) is 0 Å². The van der Waals surface area contributed by atoms with Crippen LogP contribution in [-0.4, -0.2) is 22.6 Å². The number of nitrogens with two attached hydrogens (primary N) is 2. The monoisotopic (exact) mass is 442 g/mol. The highest BCUT2D eigenvalue weighted by Crippen LogP contribution is 2.40. The second-order valence-corrected chi connectivity index (χ2v) is 8.46. The molecule has 5 rings (SSSR count). The molecule has 1 fully saturated rings. The number of nitrogens with zero attached hydrogens (tertiary/aromatic N) is 4. The predicted octanol–water partition coefficient (Wildman–Crippen LogP) is 4.91. The Labute approximate surface area is 183 Å². The van der Waals surface area contributed by atoms with Gasteiger partial charge in [0.05, 0.1) is 10.6 Å². The first kappa shape index (κ1) is 19.2. The molecule has 0 amide bonds. The zero-order valence-corrected chi connectivity index (χ0v) is 17.6. The third kappa shape index (κ3) is 3.18. The topological polar surface area (TPSA) is 106 Å². The van der Waals surface area contributed by atoms with Crippen LogP contribution in [0.3, 0.4) is 0 Å². The first-order valence-corrected chi connectivity index (χ1v) is 10.6. The van der Waals surface area contributed by atoms with Crippen molar-refractivity contribution in [1.82, 2.24) is 4.98 Å². The van der Waals surface area contributed by atoms with Crippen LogP contribution in [0.2, 0.25) is 10.0 Å². The van der Waals surface area contributed by atoms with E-state index in [9.17, 15) is 0 Å². The molecule has 154 valence electrons. The lowest BCUT2D eigenvalue weighted by Crippen LogP contribution is -2.58. The van der Waals surface area contributed by atoms with Crippen molar-refractivity contribution in [1.29, 1.82) is 0 Å². The zero-order chi connectivity index (χ0) is 20.9. The largest absolute Gasteiger partial charge is 0.436 e. The third-order valence-corrected chi connectivity index (χ3v) is 6.19. The first-order valence-electron chi connectivity index (χ1n) is 9.81. The van der Waals surface area contributed by atoms with E-state index in [0.29, 0.717) is 38.6 Å². The van der Waals surface area contributed by atoms with Gasteiger partial charge in [0.25, 0.3) is 0 Å². The van der Waals surface area contributed by atoms with Crippen LogP contribution >= 0.6 is 23.2 Å². The van der Waals surface area contributed by atoms with Crippen LogP contribution in [0.4, 0.5) is 5.69 Å². The Morgan fingerprint density at radius 2 is 1.80 bits per heavy atom. The maximum atomic E-state index is 6.32. The first-order chi connectivity index (χ1) is 14.4. The van der Waals surface area contributed by atoms with Gasteiger partial charge in [0.15, 0.2) is 5.58 Å². The van der Waals surface area contributed by atoms with Crippen LogP contribution in [0.25, 0.3) is 22.6 Å². The molecule has 9 heteroatoms. The summed E-state index contributed by atoms with van der Waals surface area (Å²) in [6.45, 7) is 0. The van der Waals surface area contributed by atoms with E-state index >= 15 is 0 Å².